The molecular weight excluding hydrogens is 392 g/mol. The number of fused-ring (bicyclic) bond motifs is 2. The van der Waals surface area contributed by atoms with E-state index in [1.54, 1.807) is 29.5 Å². The summed E-state index contributed by atoms with van der Waals surface area (Å²) in [4.78, 5) is 27.3. The molecule has 0 aliphatic carbocycles. The van der Waals surface area contributed by atoms with E-state index in [-0.39, 0.29) is 11.6 Å². The summed E-state index contributed by atoms with van der Waals surface area (Å²) in [5, 5.41) is 2.29. The molecule has 1 fully saturated rings. The maximum Gasteiger partial charge on any atom is 0.258 e. The first-order valence-corrected chi connectivity index (χ1v) is 10.6. The van der Waals surface area contributed by atoms with Gasteiger partial charge in [0.2, 0.25) is 0 Å². The minimum Gasteiger partial charge on any atom is -0.309 e. The van der Waals surface area contributed by atoms with Gasteiger partial charge in [0.1, 0.15) is 10.8 Å². The molecule has 142 valence electrons. The number of piperidine rings is 1. The van der Waals surface area contributed by atoms with Gasteiger partial charge < -0.3 is 4.98 Å². The van der Waals surface area contributed by atoms with Crippen LogP contribution in [-0.2, 0) is 6.54 Å². The average Bonchev–Trinajstić information content (AvgIpc) is 3.12. The van der Waals surface area contributed by atoms with Crippen LogP contribution in [0.1, 0.15) is 36.1 Å². The number of likely N-dealkylation sites (tertiary alicyclic amines) is 1. The highest BCUT2D eigenvalue weighted by Crippen LogP contribution is 2.36. The number of hydrogen-bond acceptors (Lipinski definition) is 5. The maximum atomic E-state index is 12.5. The molecule has 1 atom stereocenters. The molecule has 0 spiro atoms. The van der Waals surface area contributed by atoms with Gasteiger partial charge in [-0.2, -0.15) is 0 Å². The molecule has 28 heavy (non-hydrogen) atoms. The second-order valence-corrected chi connectivity index (χ2v) is 8.67. The molecule has 5 nitrogen and oxygen atoms in total. The van der Waals surface area contributed by atoms with Crippen molar-refractivity contribution in [3.05, 3.63) is 68.7 Å². The van der Waals surface area contributed by atoms with Crippen LogP contribution in [0.5, 0.6) is 0 Å². The van der Waals surface area contributed by atoms with Crippen LogP contribution in [0.4, 0.5) is 0 Å². The van der Waals surface area contributed by atoms with Gasteiger partial charge >= 0.3 is 0 Å². The molecule has 7 heteroatoms. The van der Waals surface area contributed by atoms with Gasteiger partial charge in [-0.1, -0.05) is 30.2 Å². The van der Waals surface area contributed by atoms with Crippen molar-refractivity contribution in [2.24, 2.45) is 0 Å². The predicted octanol–water partition coefficient (Wildman–Crippen LogP) is 4.91. The molecule has 3 heterocycles. The molecule has 1 unspecified atom stereocenters. The van der Waals surface area contributed by atoms with E-state index in [4.69, 9.17) is 16.6 Å². The van der Waals surface area contributed by atoms with E-state index in [0.717, 1.165) is 29.9 Å². The van der Waals surface area contributed by atoms with Crippen molar-refractivity contribution in [1.29, 1.82) is 0 Å². The van der Waals surface area contributed by atoms with Crippen molar-refractivity contribution in [3.63, 3.8) is 0 Å². The average molecular weight is 411 g/mol. The van der Waals surface area contributed by atoms with E-state index in [0.29, 0.717) is 28.3 Å². The summed E-state index contributed by atoms with van der Waals surface area (Å²) >= 11 is 7.85. The Morgan fingerprint density at radius 2 is 2.04 bits per heavy atom. The Kier molecular flexibility index (Phi) is 4.62. The Bertz CT molecular complexity index is 1180. The van der Waals surface area contributed by atoms with E-state index < -0.39 is 0 Å². The molecule has 2 aromatic heterocycles. The van der Waals surface area contributed by atoms with Crippen LogP contribution in [0.2, 0.25) is 5.02 Å². The Morgan fingerprint density at radius 1 is 1.14 bits per heavy atom. The number of benzene rings is 2. The van der Waals surface area contributed by atoms with Gasteiger partial charge in [0.05, 0.1) is 33.7 Å². The van der Waals surface area contributed by atoms with Gasteiger partial charge in [0.25, 0.3) is 5.56 Å². The molecule has 1 aliphatic heterocycles. The van der Waals surface area contributed by atoms with E-state index >= 15 is 0 Å². The highest BCUT2D eigenvalue weighted by molar-refractivity contribution is 7.18. The number of halogens is 1. The largest absolute Gasteiger partial charge is 0.309 e. The van der Waals surface area contributed by atoms with Crippen LogP contribution in [0.25, 0.3) is 21.1 Å². The highest BCUT2D eigenvalue weighted by atomic mass is 35.5. The number of aromatic amines is 1. The summed E-state index contributed by atoms with van der Waals surface area (Å²) in [5.41, 5.74) is 1.57. The molecule has 0 radical (unpaired) electrons. The fraction of sp³-hybridized carbons (Fsp3) is 0.286. The lowest BCUT2D eigenvalue weighted by molar-refractivity contribution is 0.137. The first kappa shape index (κ1) is 17.8. The number of aromatic nitrogens is 3. The molecule has 2 aromatic carbocycles. The van der Waals surface area contributed by atoms with Crippen molar-refractivity contribution in [2.75, 3.05) is 6.54 Å². The third kappa shape index (κ3) is 3.32. The lowest BCUT2D eigenvalue weighted by Crippen LogP contribution is -2.34. The fourth-order valence-corrected chi connectivity index (χ4v) is 5.22. The Morgan fingerprint density at radius 3 is 2.93 bits per heavy atom. The van der Waals surface area contributed by atoms with Crippen molar-refractivity contribution >= 4 is 44.1 Å². The number of H-pyrrole nitrogens is 1. The summed E-state index contributed by atoms with van der Waals surface area (Å²) in [6.45, 7) is 1.57. The van der Waals surface area contributed by atoms with Crippen LogP contribution >= 0.6 is 22.9 Å². The molecule has 5 rings (SSSR count). The van der Waals surface area contributed by atoms with E-state index in [2.05, 4.69) is 33.1 Å². The molecule has 1 saturated heterocycles. The van der Waals surface area contributed by atoms with Crippen LogP contribution in [0.15, 0.2) is 47.3 Å². The smallest absolute Gasteiger partial charge is 0.258 e. The van der Waals surface area contributed by atoms with Crippen molar-refractivity contribution in [2.45, 2.75) is 31.8 Å². The number of hydrogen-bond donors (Lipinski definition) is 1. The van der Waals surface area contributed by atoms with Crippen molar-refractivity contribution in [3.8, 4) is 0 Å². The van der Waals surface area contributed by atoms with E-state index in [9.17, 15) is 4.79 Å². The monoisotopic (exact) mass is 410 g/mol. The summed E-state index contributed by atoms with van der Waals surface area (Å²) in [5.74, 6) is 0.674. The molecule has 1 aliphatic rings. The van der Waals surface area contributed by atoms with Gasteiger partial charge in [-0.3, -0.25) is 9.69 Å². The lowest BCUT2D eigenvalue weighted by Gasteiger charge is -2.34. The predicted molar refractivity (Wildman–Crippen MR) is 114 cm³/mol. The van der Waals surface area contributed by atoms with E-state index in [1.807, 2.05) is 6.07 Å². The number of rotatable bonds is 3. The van der Waals surface area contributed by atoms with Gasteiger partial charge in [-0.15, -0.1) is 11.3 Å². The summed E-state index contributed by atoms with van der Waals surface area (Å²) in [7, 11) is 0. The molecule has 0 saturated carbocycles. The second kappa shape index (κ2) is 7.28. The van der Waals surface area contributed by atoms with Crippen LogP contribution in [0, 0.1) is 0 Å². The minimum atomic E-state index is -0.120. The summed E-state index contributed by atoms with van der Waals surface area (Å²) in [6.07, 6.45) is 3.41. The Balaban J connectivity index is 1.48. The SMILES string of the molecule is O=c1[nH]c(CN2CCCCC2c2nc3ccccc3s2)nc2cc(Cl)ccc12. The standard InChI is InChI=1S/C21H19ClN4OS/c22-13-8-9-14-16(11-13)23-19(25-20(14)27)12-26-10-4-3-6-17(26)21-24-15-5-1-2-7-18(15)28-21/h1-2,5,7-9,11,17H,3-4,6,10,12H2,(H,23,25,27). The first-order chi connectivity index (χ1) is 13.7. The molecule has 1 N–H and O–H groups in total. The summed E-state index contributed by atoms with van der Waals surface area (Å²) < 4.78 is 1.22. The quantitative estimate of drug-likeness (QED) is 0.521. The molecule has 0 amide bonds. The minimum absolute atomic E-state index is 0.120. The fourth-order valence-electron chi connectivity index (χ4n) is 3.92. The third-order valence-corrected chi connectivity index (χ3v) is 6.65. The van der Waals surface area contributed by atoms with Crippen molar-refractivity contribution in [1.82, 2.24) is 19.9 Å². The number of nitrogens with one attached hydrogen (secondary N) is 1. The number of thiazole rings is 1. The Labute approximate surface area is 171 Å². The molecular formula is C21H19ClN4OS. The van der Waals surface area contributed by atoms with Crippen LogP contribution in [-0.4, -0.2) is 26.4 Å². The number of para-hydroxylation sites is 1. The van der Waals surface area contributed by atoms with E-state index in [1.165, 1.54) is 11.1 Å². The lowest BCUT2D eigenvalue weighted by atomic mass is 10.0. The highest BCUT2D eigenvalue weighted by Gasteiger charge is 2.27. The third-order valence-electron chi connectivity index (χ3n) is 5.28. The normalized spacial score (nSPS) is 18.1. The topological polar surface area (TPSA) is 61.9 Å². The Hall–Kier alpha value is -2.28. The van der Waals surface area contributed by atoms with Crippen molar-refractivity contribution < 1.29 is 0 Å². The zero-order chi connectivity index (χ0) is 19.1. The maximum absolute atomic E-state index is 12.5. The van der Waals surface area contributed by atoms with Gasteiger partial charge in [0.15, 0.2) is 0 Å². The zero-order valence-corrected chi connectivity index (χ0v) is 16.8. The van der Waals surface area contributed by atoms with Gasteiger partial charge in [0, 0.05) is 5.02 Å². The molecule has 0 bridgehead atoms. The molecule has 4 aromatic rings. The number of nitrogens with zero attached hydrogens (tertiary/aromatic N) is 3. The van der Waals surface area contributed by atoms with Gasteiger partial charge in [-0.25, -0.2) is 9.97 Å². The second-order valence-electron chi connectivity index (χ2n) is 7.18. The zero-order valence-electron chi connectivity index (χ0n) is 15.2. The summed E-state index contributed by atoms with van der Waals surface area (Å²) in [6, 6.07) is 13.7. The first-order valence-electron chi connectivity index (χ1n) is 9.45. The van der Waals surface area contributed by atoms with Gasteiger partial charge in [-0.05, 0) is 49.7 Å². The van der Waals surface area contributed by atoms with Crippen LogP contribution in [0.3, 0.4) is 0 Å². The van der Waals surface area contributed by atoms with Crippen LogP contribution < -0.4 is 5.56 Å².